The van der Waals surface area contributed by atoms with E-state index in [1.807, 2.05) is 24.3 Å². The second kappa shape index (κ2) is 5.13. The summed E-state index contributed by atoms with van der Waals surface area (Å²) in [6.07, 6.45) is 1.93. The molecule has 1 aliphatic carbocycles. The minimum atomic E-state index is -2.28. The monoisotopic (exact) mass is 239 g/mol. The molecule has 0 amide bonds. The lowest BCUT2D eigenvalue weighted by atomic mass is 9.76. The van der Waals surface area contributed by atoms with Gasteiger partial charge in [0.25, 0.3) is 0 Å². The quantitative estimate of drug-likeness (QED) is 0.857. The zero-order valence-electron chi connectivity index (χ0n) is 9.96. The zero-order valence-corrected chi connectivity index (χ0v) is 9.96. The van der Waals surface area contributed by atoms with Gasteiger partial charge in [-0.3, -0.25) is 0 Å². The Kier molecular flexibility index (Phi) is 3.77. The molecule has 0 bridgehead atoms. The molecule has 0 aliphatic heterocycles. The molecule has 1 aromatic rings. The van der Waals surface area contributed by atoms with Gasteiger partial charge in [0, 0.05) is 18.4 Å². The molecular formula is C14H19F2N. The van der Waals surface area contributed by atoms with Crippen molar-refractivity contribution in [2.75, 3.05) is 6.54 Å². The van der Waals surface area contributed by atoms with E-state index < -0.39 is 6.43 Å². The third-order valence-corrected chi connectivity index (χ3v) is 3.91. The van der Waals surface area contributed by atoms with E-state index >= 15 is 0 Å². The summed E-state index contributed by atoms with van der Waals surface area (Å²) in [6.45, 7) is 0.563. The van der Waals surface area contributed by atoms with Crippen LogP contribution in [0.25, 0.3) is 0 Å². The van der Waals surface area contributed by atoms with Gasteiger partial charge in [0.1, 0.15) is 0 Å². The zero-order chi connectivity index (χ0) is 12.3. The Morgan fingerprint density at radius 1 is 1.18 bits per heavy atom. The Bertz CT molecular complexity index is 370. The molecule has 1 saturated carbocycles. The molecule has 0 spiro atoms. The maximum atomic E-state index is 12.6. The molecule has 0 heterocycles. The van der Waals surface area contributed by atoms with Gasteiger partial charge in [0.15, 0.2) is 0 Å². The third-order valence-electron chi connectivity index (χ3n) is 3.91. The molecule has 1 nitrogen and oxygen atoms in total. The SMILES string of the molecule is NCC1(c2ccccc2CC(F)F)CCCC1. The van der Waals surface area contributed by atoms with Crippen molar-refractivity contribution in [2.45, 2.75) is 43.9 Å². The smallest absolute Gasteiger partial charge is 0.242 e. The highest BCUT2D eigenvalue weighted by molar-refractivity contribution is 5.36. The van der Waals surface area contributed by atoms with Crippen molar-refractivity contribution in [3.63, 3.8) is 0 Å². The molecule has 3 heteroatoms. The van der Waals surface area contributed by atoms with E-state index in [4.69, 9.17) is 5.73 Å². The molecule has 1 aromatic carbocycles. The molecule has 2 N–H and O–H groups in total. The van der Waals surface area contributed by atoms with Crippen LogP contribution >= 0.6 is 0 Å². The number of rotatable bonds is 4. The summed E-state index contributed by atoms with van der Waals surface area (Å²) in [5, 5.41) is 0. The highest BCUT2D eigenvalue weighted by atomic mass is 19.3. The maximum Gasteiger partial charge on any atom is 0.242 e. The van der Waals surface area contributed by atoms with Crippen molar-refractivity contribution in [3.05, 3.63) is 35.4 Å². The summed E-state index contributed by atoms with van der Waals surface area (Å²) in [4.78, 5) is 0. The van der Waals surface area contributed by atoms with Crippen LogP contribution < -0.4 is 5.73 Å². The minimum Gasteiger partial charge on any atom is -0.330 e. The van der Waals surface area contributed by atoms with Crippen LogP contribution in [0.2, 0.25) is 0 Å². The number of alkyl halides is 2. The molecule has 0 atom stereocenters. The molecule has 0 saturated heterocycles. The summed E-state index contributed by atoms with van der Waals surface area (Å²) >= 11 is 0. The highest BCUT2D eigenvalue weighted by Gasteiger charge is 2.35. The van der Waals surface area contributed by atoms with E-state index in [1.165, 1.54) is 0 Å². The molecule has 1 fully saturated rings. The summed E-state index contributed by atoms with van der Waals surface area (Å²) in [5.41, 5.74) is 7.69. The summed E-state index contributed by atoms with van der Waals surface area (Å²) in [5.74, 6) is 0. The normalized spacial score (nSPS) is 18.8. The second-order valence-corrected chi connectivity index (χ2v) is 4.94. The van der Waals surface area contributed by atoms with Gasteiger partial charge in [-0.15, -0.1) is 0 Å². The molecule has 1 aliphatic rings. The Balaban J connectivity index is 2.36. The van der Waals surface area contributed by atoms with Crippen molar-refractivity contribution in [2.24, 2.45) is 5.73 Å². The summed E-state index contributed by atoms with van der Waals surface area (Å²) < 4.78 is 25.2. The van der Waals surface area contributed by atoms with Crippen LogP contribution in [-0.2, 0) is 11.8 Å². The van der Waals surface area contributed by atoms with E-state index in [-0.39, 0.29) is 11.8 Å². The lowest BCUT2D eigenvalue weighted by Crippen LogP contribution is -2.33. The first kappa shape index (κ1) is 12.5. The Hall–Kier alpha value is -0.960. The van der Waals surface area contributed by atoms with Crippen LogP contribution in [0.5, 0.6) is 0 Å². The number of benzene rings is 1. The summed E-state index contributed by atoms with van der Waals surface area (Å²) in [7, 11) is 0. The van der Waals surface area contributed by atoms with Gasteiger partial charge in [-0.1, -0.05) is 37.1 Å². The average molecular weight is 239 g/mol. The average Bonchev–Trinajstić information content (AvgIpc) is 2.79. The lowest BCUT2D eigenvalue weighted by molar-refractivity contribution is 0.148. The largest absolute Gasteiger partial charge is 0.330 e. The van der Waals surface area contributed by atoms with Gasteiger partial charge >= 0.3 is 0 Å². The van der Waals surface area contributed by atoms with E-state index in [0.717, 1.165) is 36.8 Å². The van der Waals surface area contributed by atoms with E-state index in [0.29, 0.717) is 6.54 Å². The van der Waals surface area contributed by atoms with Crippen molar-refractivity contribution < 1.29 is 8.78 Å². The van der Waals surface area contributed by atoms with Crippen LogP contribution in [0.1, 0.15) is 36.8 Å². The topological polar surface area (TPSA) is 26.0 Å². The van der Waals surface area contributed by atoms with Crippen LogP contribution in [0.4, 0.5) is 8.78 Å². The molecule has 17 heavy (non-hydrogen) atoms. The molecule has 2 rings (SSSR count). The lowest BCUT2D eigenvalue weighted by Gasteiger charge is -2.30. The third kappa shape index (κ3) is 2.49. The Morgan fingerprint density at radius 3 is 2.41 bits per heavy atom. The van der Waals surface area contributed by atoms with Gasteiger partial charge in [0.05, 0.1) is 0 Å². The second-order valence-electron chi connectivity index (χ2n) is 4.94. The fourth-order valence-electron chi connectivity index (χ4n) is 3.02. The predicted molar refractivity (Wildman–Crippen MR) is 65.4 cm³/mol. The van der Waals surface area contributed by atoms with Crippen LogP contribution in [0.15, 0.2) is 24.3 Å². The van der Waals surface area contributed by atoms with Crippen molar-refractivity contribution in [1.82, 2.24) is 0 Å². The maximum absolute atomic E-state index is 12.6. The van der Waals surface area contributed by atoms with Crippen molar-refractivity contribution >= 4 is 0 Å². The standard InChI is InChI=1S/C14H19F2N/c15-13(16)9-11-5-1-2-6-12(11)14(10-17)7-3-4-8-14/h1-2,5-6,13H,3-4,7-10,17H2. The number of hydrogen-bond acceptors (Lipinski definition) is 1. The number of halogens is 2. The first-order chi connectivity index (χ1) is 8.18. The van der Waals surface area contributed by atoms with E-state index in [1.54, 1.807) is 0 Å². The Labute approximate surface area is 101 Å². The van der Waals surface area contributed by atoms with Gasteiger partial charge in [-0.05, 0) is 24.0 Å². The van der Waals surface area contributed by atoms with Crippen LogP contribution in [-0.4, -0.2) is 13.0 Å². The fraction of sp³-hybridized carbons (Fsp3) is 0.571. The first-order valence-corrected chi connectivity index (χ1v) is 6.24. The van der Waals surface area contributed by atoms with E-state index in [9.17, 15) is 8.78 Å². The first-order valence-electron chi connectivity index (χ1n) is 6.24. The molecule has 94 valence electrons. The fourth-order valence-corrected chi connectivity index (χ4v) is 3.02. The van der Waals surface area contributed by atoms with Gasteiger partial charge < -0.3 is 5.73 Å². The molecular weight excluding hydrogens is 220 g/mol. The Morgan fingerprint density at radius 2 is 1.82 bits per heavy atom. The molecule has 0 aromatic heterocycles. The number of nitrogens with two attached hydrogens (primary N) is 1. The molecule has 0 radical (unpaired) electrons. The van der Waals surface area contributed by atoms with Gasteiger partial charge in [-0.25, -0.2) is 8.78 Å². The predicted octanol–water partition coefficient (Wildman–Crippen LogP) is 3.26. The number of hydrogen-bond donors (Lipinski definition) is 1. The van der Waals surface area contributed by atoms with Crippen molar-refractivity contribution in [3.8, 4) is 0 Å². The van der Waals surface area contributed by atoms with Gasteiger partial charge in [-0.2, -0.15) is 0 Å². The minimum absolute atomic E-state index is 0.0501. The summed E-state index contributed by atoms with van der Waals surface area (Å²) in [6, 6.07) is 7.56. The van der Waals surface area contributed by atoms with Crippen LogP contribution in [0.3, 0.4) is 0 Å². The van der Waals surface area contributed by atoms with Crippen molar-refractivity contribution in [1.29, 1.82) is 0 Å². The van der Waals surface area contributed by atoms with E-state index in [2.05, 4.69) is 0 Å². The highest BCUT2D eigenvalue weighted by Crippen LogP contribution is 2.41. The van der Waals surface area contributed by atoms with Gasteiger partial charge in [0.2, 0.25) is 6.43 Å². The molecule has 0 unspecified atom stereocenters. The van der Waals surface area contributed by atoms with Crippen LogP contribution in [0, 0.1) is 0 Å².